The molecule has 0 aliphatic carbocycles. The standard InChI is InChI=1S/C16H23N3/c1-4-9-19-12-17-10-16(19)11-18-14(3)15-7-5-13(2)6-8-15/h5-8,10,12,14,18H,4,9,11H2,1-3H3/t14-/m0/s1. The quantitative estimate of drug-likeness (QED) is 0.859. The minimum Gasteiger partial charge on any atom is -0.333 e. The first kappa shape index (κ1) is 13.8. The van der Waals surface area contributed by atoms with Gasteiger partial charge in [-0.25, -0.2) is 4.98 Å². The molecule has 0 saturated carbocycles. The summed E-state index contributed by atoms with van der Waals surface area (Å²) in [6.45, 7) is 8.40. The van der Waals surface area contributed by atoms with Gasteiger partial charge in [0.15, 0.2) is 0 Å². The number of nitrogens with zero attached hydrogens (tertiary/aromatic N) is 2. The lowest BCUT2D eigenvalue weighted by Gasteiger charge is -2.15. The monoisotopic (exact) mass is 257 g/mol. The number of benzene rings is 1. The molecule has 0 spiro atoms. The van der Waals surface area contributed by atoms with E-state index < -0.39 is 0 Å². The number of aromatic nitrogens is 2. The Bertz CT molecular complexity index is 499. The number of hydrogen-bond acceptors (Lipinski definition) is 2. The maximum atomic E-state index is 4.23. The molecule has 0 aliphatic rings. The van der Waals surface area contributed by atoms with Crippen molar-refractivity contribution >= 4 is 0 Å². The molecular formula is C16H23N3. The summed E-state index contributed by atoms with van der Waals surface area (Å²) in [5, 5.41) is 3.56. The van der Waals surface area contributed by atoms with E-state index in [0.29, 0.717) is 6.04 Å². The molecule has 1 heterocycles. The summed E-state index contributed by atoms with van der Waals surface area (Å²) in [7, 11) is 0. The van der Waals surface area contributed by atoms with E-state index in [1.807, 2.05) is 12.5 Å². The largest absolute Gasteiger partial charge is 0.333 e. The van der Waals surface area contributed by atoms with Crippen LogP contribution in [0.25, 0.3) is 0 Å². The Morgan fingerprint density at radius 3 is 2.68 bits per heavy atom. The van der Waals surface area contributed by atoms with Gasteiger partial charge < -0.3 is 9.88 Å². The van der Waals surface area contributed by atoms with Crippen LogP contribution in [0.4, 0.5) is 0 Å². The molecule has 0 fully saturated rings. The fraction of sp³-hybridized carbons (Fsp3) is 0.438. The van der Waals surface area contributed by atoms with Gasteiger partial charge in [-0.15, -0.1) is 0 Å². The van der Waals surface area contributed by atoms with Crippen molar-refractivity contribution in [1.29, 1.82) is 0 Å². The van der Waals surface area contributed by atoms with Gasteiger partial charge in [0.25, 0.3) is 0 Å². The van der Waals surface area contributed by atoms with E-state index in [2.05, 4.69) is 59.9 Å². The maximum Gasteiger partial charge on any atom is 0.0948 e. The smallest absolute Gasteiger partial charge is 0.0948 e. The topological polar surface area (TPSA) is 29.9 Å². The van der Waals surface area contributed by atoms with Crippen molar-refractivity contribution in [2.45, 2.75) is 46.3 Å². The van der Waals surface area contributed by atoms with Gasteiger partial charge in [-0.3, -0.25) is 0 Å². The van der Waals surface area contributed by atoms with Gasteiger partial charge in [0.2, 0.25) is 0 Å². The van der Waals surface area contributed by atoms with Crippen molar-refractivity contribution in [3.05, 3.63) is 53.6 Å². The first-order chi connectivity index (χ1) is 9.20. The summed E-state index contributed by atoms with van der Waals surface area (Å²) in [6.07, 6.45) is 5.00. The van der Waals surface area contributed by atoms with E-state index in [4.69, 9.17) is 0 Å². The summed E-state index contributed by atoms with van der Waals surface area (Å²) in [6, 6.07) is 9.06. The van der Waals surface area contributed by atoms with Gasteiger partial charge in [-0.05, 0) is 25.8 Å². The highest BCUT2D eigenvalue weighted by atomic mass is 15.1. The molecule has 0 aliphatic heterocycles. The fourth-order valence-corrected chi connectivity index (χ4v) is 2.17. The van der Waals surface area contributed by atoms with Crippen LogP contribution in [-0.4, -0.2) is 9.55 Å². The van der Waals surface area contributed by atoms with E-state index in [9.17, 15) is 0 Å². The Morgan fingerprint density at radius 1 is 1.26 bits per heavy atom. The molecule has 3 heteroatoms. The van der Waals surface area contributed by atoms with Gasteiger partial charge in [0.1, 0.15) is 0 Å². The third-order valence-corrected chi connectivity index (χ3v) is 3.43. The highest BCUT2D eigenvalue weighted by molar-refractivity contribution is 5.23. The lowest BCUT2D eigenvalue weighted by atomic mass is 10.1. The highest BCUT2D eigenvalue weighted by Crippen LogP contribution is 2.14. The van der Waals surface area contributed by atoms with Crippen LogP contribution in [0.1, 0.15) is 43.1 Å². The molecule has 0 amide bonds. The molecule has 0 saturated heterocycles. The summed E-state index contributed by atoms with van der Waals surface area (Å²) >= 11 is 0. The summed E-state index contributed by atoms with van der Waals surface area (Å²) in [5.41, 5.74) is 3.88. The van der Waals surface area contributed by atoms with Gasteiger partial charge in [-0.1, -0.05) is 36.8 Å². The Hall–Kier alpha value is -1.61. The lowest BCUT2D eigenvalue weighted by molar-refractivity contribution is 0.541. The SMILES string of the molecule is CCCn1cncc1CN[C@@H](C)c1ccc(C)cc1. The van der Waals surface area contributed by atoms with Gasteiger partial charge in [0.05, 0.1) is 12.0 Å². The van der Waals surface area contributed by atoms with Crippen molar-refractivity contribution in [2.24, 2.45) is 0 Å². The van der Waals surface area contributed by atoms with E-state index in [1.54, 1.807) is 0 Å². The summed E-state index contributed by atoms with van der Waals surface area (Å²) in [4.78, 5) is 4.23. The zero-order valence-electron chi connectivity index (χ0n) is 12.1. The second-order valence-corrected chi connectivity index (χ2v) is 5.09. The van der Waals surface area contributed by atoms with Gasteiger partial charge >= 0.3 is 0 Å². The van der Waals surface area contributed by atoms with Crippen molar-refractivity contribution < 1.29 is 0 Å². The van der Waals surface area contributed by atoms with Crippen LogP contribution in [0.15, 0.2) is 36.8 Å². The molecule has 102 valence electrons. The summed E-state index contributed by atoms with van der Waals surface area (Å²) < 4.78 is 2.22. The second kappa shape index (κ2) is 6.53. The third kappa shape index (κ3) is 3.67. The Kier molecular flexibility index (Phi) is 4.74. The Balaban J connectivity index is 1.94. The van der Waals surface area contributed by atoms with Crippen LogP contribution in [0.5, 0.6) is 0 Å². The number of aryl methyl sites for hydroxylation is 2. The van der Waals surface area contributed by atoms with Gasteiger partial charge in [0, 0.05) is 25.3 Å². The molecule has 2 aromatic rings. The molecule has 1 atom stereocenters. The average Bonchev–Trinajstić information content (AvgIpc) is 2.85. The molecule has 1 N–H and O–H groups in total. The third-order valence-electron chi connectivity index (χ3n) is 3.43. The number of rotatable bonds is 6. The minimum absolute atomic E-state index is 0.352. The average molecular weight is 257 g/mol. The molecule has 1 aromatic heterocycles. The van der Waals surface area contributed by atoms with Crippen LogP contribution in [-0.2, 0) is 13.1 Å². The summed E-state index contributed by atoms with van der Waals surface area (Å²) in [5.74, 6) is 0. The number of imidazole rings is 1. The van der Waals surface area contributed by atoms with Crippen molar-refractivity contribution in [2.75, 3.05) is 0 Å². The number of hydrogen-bond donors (Lipinski definition) is 1. The lowest BCUT2D eigenvalue weighted by Crippen LogP contribution is -2.20. The number of nitrogens with one attached hydrogen (secondary N) is 1. The zero-order valence-corrected chi connectivity index (χ0v) is 12.1. The van der Waals surface area contributed by atoms with Crippen molar-refractivity contribution in [1.82, 2.24) is 14.9 Å². The van der Waals surface area contributed by atoms with E-state index in [0.717, 1.165) is 19.5 Å². The van der Waals surface area contributed by atoms with Crippen LogP contribution in [0.2, 0.25) is 0 Å². The van der Waals surface area contributed by atoms with Crippen LogP contribution >= 0.6 is 0 Å². The van der Waals surface area contributed by atoms with Crippen LogP contribution < -0.4 is 5.32 Å². The molecule has 0 bridgehead atoms. The molecule has 19 heavy (non-hydrogen) atoms. The molecular weight excluding hydrogens is 234 g/mol. The predicted octanol–water partition coefficient (Wildman–Crippen LogP) is 3.45. The molecule has 1 aromatic carbocycles. The molecule has 3 nitrogen and oxygen atoms in total. The minimum atomic E-state index is 0.352. The van der Waals surface area contributed by atoms with Crippen LogP contribution in [0.3, 0.4) is 0 Å². The van der Waals surface area contributed by atoms with Crippen molar-refractivity contribution in [3.8, 4) is 0 Å². The maximum absolute atomic E-state index is 4.23. The Labute approximate surface area is 115 Å². The first-order valence-corrected chi connectivity index (χ1v) is 6.99. The normalized spacial score (nSPS) is 12.6. The van der Waals surface area contributed by atoms with E-state index >= 15 is 0 Å². The zero-order chi connectivity index (χ0) is 13.7. The van der Waals surface area contributed by atoms with E-state index in [1.165, 1.54) is 16.8 Å². The van der Waals surface area contributed by atoms with Gasteiger partial charge in [-0.2, -0.15) is 0 Å². The highest BCUT2D eigenvalue weighted by Gasteiger charge is 2.06. The predicted molar refractivity (Wildman–Crippen MR) is 79.0 cm³/mol. The first-order valence-electron chi connectivity index (χ1n) is 6.99. The molecule has 0 radical (unpaired) electrons. The van der Waals surface area contributed by atoms with Crippen LogP contribution in [0, 0.1) is 6.92 Å². The Morgan fingerprint density at radius 2 is 2.00 bits per heavy atom. The fourth-order valence-electron chi connectivity index (χ4n) is 2.17. The molecule has 0 unspecified atom stereocenters. The van der Waals surface area contributed by atoms with E-state index in [-0.39, 0.29) is 0 Å². The second-order valence-electron chi connectivity index (χ2n) is 5.09. The van der Waals surface area contributed by atoms with Crippen molar-refractivity contribution in [3.63, 3.8) is 0 Å². The molecule has 2 rings (SSSR count).